The summed E-state index contributed by atoms with van der Waals surface area (Å²) in [7, 11) is 5.17. The highest BCUT2D eigenvalue weighted by atomic mass is 16.5. The van der Waals surface area contributed by atoms with E-state index in [4.69, 9.17) is 10.5 Å². The van der Waals surface area contributed by atoms with E-state index in [2.05, 4.69) is 9.72 Å². The van der Waals surface area contributed by atoms with Crippen molar-refractivity contribution in [1.82, 2.24) is 9.88 Å². The summed E-state index contributed by atoms with van der Waals surface area (Å²) in [6.45, 7) is 1.19. The lowest BCUT2D eigenvalue weighted by Crippen LogP contribution is -2.20. The fraction of sp³-hybridized carbons (Fsp3) is 0.455. The molecule has 0 unspecified atom stereocenters. The smallest absolute Gasteiger partial charge is 0.356 e. The standard InChI is InChI=1S/C11H17N3O3/c1-14(2)6-7-17-10-8(12)4-5-9(13-10)11(15)16-3/h4-5H,6-7,12H2,1-3H3. The number of methoxy groups -OCH3 is 1. The molecule has 1 aromatic rings. The molecule has 0 amide bonds. The number of nitrogens with two attached hydrogens (primary N) is 1. The van der Waals surface area contributed by atoms with Crippen LogP contribution in [0.4, 0.5) is 5.69 Å². The number of rotatable bonds is 5. The molecule has 0 bridgehead atoms. The summed E-state index contributed by atoms with van der Waals surface area (Å²) in [6.07, 6.45) is 0. The number of esters is 1. The Morgan fingerprint density at radius 3 is 2.76 bits per heavy atom. The molecule has 6 nitrogen and oxygen atoms in total. The first-order valence-electron chi connectivity index (χ1n) is 5.17. The predicted molar refractivity (Wildman–Crippen MR) is 64.0 cm³/mol. The second kappa shape index (κ2) is 6.05. The van der Waals surface area contributed by atoms with Crippen molar-refractivity contribution in [3.63, 3.8) is 0 Å². The summed E-state index contributed by atoms with van der Waals surface area (Å²) in [5.41, 5.74) is 6.28. The van der Waals surface area contributed by atoms with Gasteiger partial charge in [-0.2, -0.15) is 0 Å². The van der Waals surface area contributed by atoms with E-state index >= 15 is 0 Å². The van der Waals surface area contributed by atoms with Crippen LogP contribution in [0.3, 0.4) is 0 Å². The van der Waals surface area contributed by atoms with Gasteiger partial charge >= 0.3 is 5.97 Å². The van der Waals surface area contributed by atoms with E-state index in [9.17, 15) is 4.79 Å². The summed E-state index contributed by atoms with van der Waals surface area (Å²) in [5, 5.41) is 0. The van der Waals surface area contributed by atoms with Crippen molar-refractivity contribution in [3.05, 3.63) is 17.8 Å². The second-order valence-corrected chi connectivity index (χ2v) is 3.73. The molecule has 0 aliphatic carbocycles. The third-order valence-electron chi connectivity index (χ3n) is 2.06. The van der Waals surface area contributed by atoms with E-state index in [0.29, 0.717) is 12.3 Å². The number of pyridine rings is 1. The molecule has 0 aliphatic heterocycles. The van der Waals surface area contributed by atoms with Gasteiger partial charge in [0.15, 0.2) is 5.69 Å². The molecular weight excluding hydrogens is 222 g/mol. The quantitative estimate of drug-likeness (QED) is 0.749. The van der Waals surface area contributed by atoms with E-state index in [-0.39, 0.29) is 11.6 Å². The minimum absolute atomic E-state index is 0.182. The van der Waals surface area contributed by atoms with Gasteiger partial charge in [0, 0.05) is 6.54 Å². The van der Waals surface area contributed by atoms with Gasteiger partial charge in [0.2, 0.25) is 5.88 Å². The van der Waals surface area contributed by atoms with Gasteiger partial charge in [-0.1, -0.05) is 0 Å². The van der Waals surface area contributed by atoms with E-state index < -0.39 is 5.97 Å². The van der Waals surface area contributed by atoms with Gasteiger partial charge in [0.05, 0.1) is 12.8 Å². The van der Waals surface area contributed by atoms with Gasteiger partial charge in [-0.15, -0.1) is 0 Å². The van der Waals surface area contributed by atoms with Crippen LogP contribution in [0.2, 0.25) is 0 Å². The molecule has 0 aromatic carbocycles. The van der Waals surface area contributed by atoms with Crippen LogP contribution in [-0.4, -0.2) is 50.2 Å². The predicted octanol–water partition coefficient (Wildman–Crippen LogP) is 0.391. The summed E-state index contributed by atoms with van der Waals surface area (Å²) in [6, 6.07) is 3.07. The maximum absolute atomic E-state index is 11.3. The van der Waals surface area contributed by atoms with Crippen molar-refractivity contribution < 1.29 is 14.3 Å². The van der Waals surface area contributed by atoms with Crippen LogP contribution in [0.25, 0.3) is 0 Å². The lowest BCUT2D eigenvalue weighted by Gasteiger charge is -2.12. The molecule has 0 fully saturated rings. The first kappa shape index (κ1) is 13.2. The highest BCUT2D eigenvalue weighted by molar-refractivity contribution is 5.87. The Kier molecular flexibility index (Phi) is 4.71. The Hall–Kier alpha value is -1.82. The number of anilines is 1. The van der Waals surface area contributed by atoms with Crippen LogP contribution in [0.15, 0.2) is 12.1 Å². The zero-order chi connectivity index (χ0) is 12.8. The van der Waals surface area contributed by atoms with E-state index in [1.165, 1.54) is 13.2 Å². The Morgan fingerprint density at radius 1 is 1.47 bits per heavy atom. The van der Waals surface area contributed by atoms with Crippen LogP contribution in [-0.2, 0) is 4.74 Å². The number of hydrogen-bond donors (Lipinski definition) is 1. The van der Waals surface area contributed by atoms with Gasteiger partial charge in [0.1, 0.15) is 6.61 Å². The maximum Gasteiger partial charge on any atom is 0.356 e. The lowest BCUT2D eigenvalue weighted by molar-refractivity contribution is 0.0592. The Morgan fingerprint density at radius 2 is 2.18 bits per heavy atom. The highest BCUT2D eigenvalue weighted by Gasteiger charge is 2.11. The number of aromatic nitrogens is 1. The SMILES string of the molecule is COC(=O)c1ccc(N)c(OCCN(C)C)n1. The maximum atomic E-state index is 11.3. The molecule has 6 heteroatoms. The first-order chi connectivity index (χ1) is 8.04. The van der Waals surface area contributed by atoms with Gasteiger partial charge in [-0.05, 0) is 26.2 Å². The number of likely N-dealkylation sites (N-methyl/N-ethyl adjacent to an activating group) is 1. The minimum atomic E-state index is -0.512. The largest absolute Gasteiger partial charge is 0.475 e. The Balaban J connectivity index is 2.73. The number of hydrogen-bond acceptors (Lipinski definition) is 6. The molecule has 1 rings (SSSR count). The van der Waals surface area contributed by atoms with Crippen molar-refractivity contribution in [2.75, 3.05) is 40.1 Å². The molecular formula is C11H17N3O3. The summed E-state index contributed by atoms with van der Waals surface area (Å²) in [5.74, 6) is -0.253. The normalized spacial score (nSPS) is 10.4. The zero-order valence-electron chi connectivity index (χ0n) is 10.3. The number of nitrogens with zero attached hydrogens (tertiary/aromatic N) is 2. The lowest BCUT2D eigenvalue weighted by atomic mass is 10.3. The molecule has 0 spiro atoms. The number of nitrogen functional groups attached to an aromatic ring is 1. The average Bonchev–Trinajstić information content (AvgIpc) is 2.30. The molecule has 0 saturated carbocycles. The molecule has 0 atom stereocenters. The number of ether oxygens (including phenoxy) is 2. The minimum Gasteiger partial charge on any atom is -0.475 e. The zero-order valence-corrected chi connectivity index (χ0v) is 10.3. The summed E-state index contributed by atoms with van der Waals surface area (Å²) < 4.78 is 9.97. The number of carbonyl (C=O) groups excluding carboxylic acids is 1. The molecule has 0 radical (unpaired) electrons. The highest BCUT2D eigenvalue weighted by Crippen LogP contribution is 2.18. The van der Waals surface area contributed by atoms with E-state index in [0.717, 1.165) is 6.54 Å². The van der Waals surface area contributed by atoms with E-state index in [1.54, 1.807) is 6.07 Å². The van der Waals surface area contributed by atoms with Crippen LogP contribution >= 0.6 is 0 Å². The van der Waals surface area contributed by atoms with Gasteiger partial charge in [-0.25, -0.2) is 9.78 Å². The van der Waals surface area contributed by atoms with Crippen molar-refractivity contribution >= 4 is 11.7 Å². The molecule has 0 aliphatic rings. The van der Waals surface area contributed by atoms with Gasteiger partial charge < -0.3 is 20.1 Å². The van der Waals surface area contributed by atoms with Crippen LogP contribution in [0.1, 0.15) is 10.5 Å². The number of carbonyl (C=O) groups is 1. The summed E-state index contributed by atoms with van der Waals surface area (Å²) in [4.78, 5) is 17.2. The fourth-order valence-electron chi connectivity index (χ4n) is 1.11. The first-order valence-corrected chi connectivity index (χ1v) is 5.17. The molecule has 1 aromatic heterocycles. The molecule has 17 heavy (non-hydrogen) atoms. The fourth-order valence-corrected chi connectivity index (χ4v) is 1.11. The molecule has 0 saturated heterocycles. The van der Waals surface area contributed by atoms with Crippen molar-refractivity contribution in [3.8, 4) is 5.88 Å². The molecule has 2 N–H and O–H groups in total. The van der Waals surface area contributed by atoms with E-state index in [1.807, 2.05) is 19.0 Å². The van der Waals surface area contributed by atoms with Gasteiger partial charge in [-0.3, -0.25) is 0 Å². The van der Waals surface area contributed by atoms with Gasteiger partial charge in [0.25, 0.3) is 0 Å². The third kappa shape index (κ3) is 3.92. The Bertz CT molecular complexity index is 394. The summed E-state index contributed by atoms with van der Waals surface area (Å²) >= 11 is 0. The Labute approximate surface area is 100 Å². The third-order valence-corrected chi connectivity index (χ3v) is 2.06. The monoisotopic (exact) mass is 239 g/mol. The second-order valence-electron chi connectivity index (χ2n) is 3.73. The van der Waals surface area contributed by atoms with Crippen molar-refractivity contribution in [2.24, 2.45) is 0 Å². The van der Waals surface area contributed by atoms with Crippen LogP contribution in [0.5, 0.6) is 5.88 Å². The van der Waals surface area contributed by atoms with Crippen LogP contribution < -0.4 is 10.5 Å². The van der Waals surface area contributed by atoms with Crippen LogP contribution in [0, 0.1) is 0 Å². The van der Waals surface area contributed by atoms with Crippen molar-refractivity contribution in [2.45, 2.75) is 0 Å². The van der Waals surface area contributed by atoms with Crippen molar-refractivity contribution in [1.29, 1.82) is 0 Å². The topological polar surface area (TPSA) is 77.7 Å². The molecule has 1 heterocycles. The average molecular weight is 239 g/mol. The molecule has 94 valence electrons.